The molecule has 1 unspecified atom stereocenters. The highest BCUT2D eigenvalue weighted by molar-refractivity contribution is 6.05. The van der Waals surface area contributed by atoms with E-state index in [0.29, 0.717) is 23.9 Å². The summed E-state index contributed by atoms with van der Waals surface area (Å²) in [6, 6.07) is 17.8. The molecule has 3 nitrogen and oxygen atoms in total. The lowest BCUT2D eigenvalue weighted by Gasteiger charge is -2.21. The summed E-state index contributed by atoms with van der Waals surface area (Å²) < 4.78 is 5.37. The fraction of sp³-hybridized carbons (Fsp3) is 0.286. The monoisotopic (exact) mass is 321 g/mol. The summed E-state index contributed by atoms with van der Waals surface area (Å²) >= 11 is 0. The summed E-state index contributed by atoms with van der Waals surface area (Å²) in [5.74, 6) is 0.857. The first-order valence-electron chi connectivity index (χ1n) is 8.43. The molecule has 0 aliphatic rings. The van der Waals surface area contributed by atoms with E-state index in [1.165, 1.54) is 5.56 Å². The van der Waals surface area contributed by atoms with Gasteiger partial charge >= 0.3 is 0 Å². The quantitative estimate of drug-likeness (QED) is 0.716. The Bertz CT molecular complexity index is 805. The van der Waals surface area contributed by atoms with E-state index in [4.69, 9.17) is 4.42 Å². The number of nitrogens with one attached hydrogen (secondary N) is 1. The van der Waals surface area contributed by atoms with Crippen LogP contribution in [0.5, 0.6) is 0 Å². The minimum Gasteiger partial charge on any atom is -0.464 e. The molecule has 3 heteroatoms. The Morgan fingerprint density at radius 2 is 1.83 bits per heavy atom. The van der Waals surface area contributed by atoms with Crippen LogP contribution in [0.3, 0.4) is 0 Å². The summed E-state index contributed by atoms with van der Waals surface area (Å²) in [5, 5.41) is 3.96. The Morgan fingerprint density at radius 3 is 2.58 bits per heavy atom. The number of fused-ring (bicyclic) bond motifs is 1. The van der Waals surface area contributed by atoms with Crippen molar-refractivity contribution in [1.29, 1.82) is 0 Å². The molecule has 3 aromatic rings. The van der Waals surface area contributed by atoms with Crippen LogP contribution in [0.25, 0.3) is 11.0 Å². The highest BCUT2D eigenvalue weighted by Gasteiger charge is 2.17. The van der Waals surface area contributed by atoms with Crippen LogP contribution in [0.2, 0.25) is 0 Å². The molecule has 3 rings (SSSR count). The minimum absolute atomic E-state index is 0.0410. The van der Waals surface area contributed by atoms with Crippen LogP contribution < -0.4 is 5.32 Å². The van der Waals surface area contributed by atoms with Gasteiger partial charge in [0, 0.05) is 11.9 Å². The molecule has 2 aromatic carbocycles. The van der Waals surface area contributed by atoms with Crippen molar-refractivity contribution in [3.8, 4) is 0 Å². The Morgan fingerprint density at radius 1 is 1.04 bits per heavy atom. The Hall–Kier alpha value is -2.55. The maximum Gasteiger partial charge on any atom is 0.252 e. The van der Waals surface area contributed by atoms with Crippen LogP contribution in [0, 0.1) is 11.8 Å². The predicted octanol–water partition coefficient (Wildman–Crippen LogP) is 4.68. The van der Waals surface area contributed by atoms with Gasteiger partial charge in [-0.3, -0.25) is 4.79 Å². The van der Waals surface area contributed by atoms with Crippen LogP contribution in [0.15, 0.2) is 65.3 Å². The van der Waals surface area contributed by atoms with Gasteiger partial charge in [-0.05, 0) is 42.0 Å². The van der Waals surface area contributed by atoms with Gasteiger partial charge in [0.15, 0.2) is 0 Å². The third-order valence-corrected chi connectivity index (χ3v) is 4.55. The molecule has 0 saturated carbocycles. The summed E-state index contributed by atoms with van der Waals surface area (Å²) in [5.41, 5.74) is 2.72. The first kappa shape index (κ1) is 16.3. The summed E-state index contributed by atoms with van der Waals surface area (Å²) in [4.78, 5) is 12.6. The smallest absolute Gasteiger partial charge is 0.252 e. The van der Waals surface area contributed by atoms with E-state index in [1.54, 1.807) is 6.26 Å². The molecule has 1 aromatic heterocycles. The molecule has 0 fully saturated rings. The van der Waals surface area contributed by atoms with Gasteiger partial charge in [0.25, 0.3) is 5.91 Å². The number of amides is 1. The molecule has 0 radical (unpaired) electrons. The van der Waals surface area contributed by atoms with Gasteiger partial charge in [0.05, 0.1) is 11.8 Å². The van der Waals surface area contributed by atoms with E-state index in [0.717, 1.165) is 17.4 Å². The zero-order valence-corrected chi connectivity index (χ0v) is 14.2. The third-order valence-electron chi connectivity index (χ3n) is 4.55. The summed E-state index contributed by atoms with van der Waals surface area (Å²) in [7, 11) is 0. The molecule has 0 aliphatic carbocycles. The maximum absolute atomic E-state index is 12.6. The Kier molecular flexibility index (Phi) is 4.99. The zero-order chi connectivity index (χ0) is 16.9. The molecule has 1 amide bonds. The van der Waals surface area contributed by atoms with E-state index in [-0.39, 0.29) is 5.91 Å². The number of furan rings is 1. The molecule has 24 heavy (non-hydrogen) atoms. The maximum atomic E-state index is 12.6. The van der Waals surface area contributed by atoms with Gasteiger partial charge in [-0.2, -0.15) is 0 Å². The summed E-state index contributed by atoms with van der Waals surface area (Å²) in [6.45, 7) is 5.08. The second-order valence-electron chi connectivity index (χ2n) is 6.54. The van der Waals surface area contributed by atoms with Crippen molar-refractivity contribution in [2.24, 2.45) is 11.8 Å². The van der Waals surface area contributed by atoms with Crippen LogP contribution in [0.4, 0.5) is 0 Å². The SMILES string of the molecule is CC(C)C(CNC(=O)c1cccc2occc12)Cc1ccccc1. The first-order valence-corrected chi connectivity index (χ1v) is 8.43. The van der Waals surface area contributed by atoms with Crippen LogP contribution in [-0.2, 0) is 6.42 Å². The number of carbonyl (C=O) groups is 1. The fourth-order valence-electron chi connectivity index (χ4n) is 2.97. The van der Waals surface area contributed by atoms with Gasteiger partial charge in [-0.1, -0.05) is 50.2 Å². The van der Waals surface area contributed by atoms with Gasteiger partial charge < -0.3 is 9.73 Å². The second-order valence-corrected chi connectivity index (χ2v) is 6.54. The summed E-state index contributed by atoms with van der Waals surface area (Å²) in [6.07, 6.45) is 2.59. The third kappa shape index (κ3) is 3.67. The molecule has 1 atom stereocenters. The van der Waals surface area contributed by atoms with Crippen molar-refractivity contribution in [3.63, 3.8) is 0 Å². The van der Waals surface area contributed by atoms with E-state index in [2.05, 4.69) is 43.4 Å². The van der Waals surface area contributed by atoms with Crippen molar-refractivity contribution in [3.05, 3.63) is 72.0 Å². The number of hydrogen-bond acceptors (Lipinski definition) is 2. The number of carbonyl (C=O) groups excluding carboxylic acids is 1. The van der Waals surface area contributed by atoms with E-state index >= 15 is 0 Å². The van der Waals surface area contributed by atoms with Crippen molar-refractivity contribution in [2.75, 3.05) is 6.54 Å². The molecular weight excluding hydrogens is 298 g/mol. The van der Waals surface area contributed by atoms with Gasteiger partial charge in [-0.15, -0.1) is 0 Å². The molecule has 0 spiro atoms. The number of rotatable bonds is 6. The fourth-order valence-corrected chi connectivity index (χ4v) is 2.97. The van der Waals surface area contributed by atoms with Gasteiger partial charge in [0.2, 0.25) is 0 Å². The number of benzene rings is 2. The average molecular weight is 321 g/mol. The average Bonchev–Trinajstić information content (AvgIpc) is 3.07. The van der Waals surface area contributed by atoms with E-state index in [1.807, 2.05) is 30.3 Å². The number of hydrogen-bond donors (Lipinski definition) is 1. The molecule has 0 aliphatic heterocycles. The lowest BCUT2D eigenvalue weighted by molar-refractivity contribution is 0.0945. The van der Waals surface area contributed by atoms with Gasteiger partial charge in [-0.25, -0.2) is 0 Å². The molecule has 1 heterocycles. The highest BCUT2D eigenvalue weighted by Crippen LogP contribution is 2.20. The van der Waals surface area contributed by atoms with Crippen molar-refractivity contribution >= 4 is 16.9 Å². The van der Waals surface area contributed by atoms with E-state index in [9.17, 15) is 4.79 Å². The topological polar surface area (TPSA) is 42.2 Å². The lowest BCUT2D eigenvalue weighted by Crippen LogP contribution is -2.32. The van der Waals surface area contributed by atoms with Crippen molar-refractivity contribution in [2.45, 2.75) is 20.3 Å². The highest BCUT2D eigenvalue weighted by atomic mass is 16.3. The largest absolute Gasteiger partial charge is 0.464 e. The molecular formula is C21H23NO2. The van der Waals surface area contributed by atoms with Crippen molar-refractivity contribution in [1.82, 2.24) is 5.32 Å². The zero-order valence-electron chi connectivity index (χ0n) is 14.2. The van der Waals surface area contributed by atoms with Crippen molar-refractivity contribution < 1.29 is 9.21 Å². The van der Waals surface area contributed by atoms with Crippen LogP contribution >= 0.6 is 0 Å². The Balaban J connectivity index is 1.68. The molecule has 0 bridgehead atoms. The second kappa shape index (κ2) is 7.35. The van der Waals surface area contributed by atoms with Crippen LogP contribution in [-0.4, -0.2) is 12.5 Å². The standard InChI is InChI=1S/C21H23NO2/c1-15(2)17(13-16-7-4-3-5-8-16)14-22-21(23)19-9-6-10-20-18(19)11-12-24-20/h3-12,15,17H,13-14H2,1-2H3,(H,22,23). The first-order chi connectivity index (χ1) is 11.6. The Labute approximate surface area is 142 Å². The molecule has 124 valence electrons. The predicted molar refractivity (Wildman–Crippen MR) is 97.0 cm³/mol. The van der Waals surface area contributed by atoms with Crippen LogP contribution in [0.1, 0.15) is 29.8 Å². The lowest BCUT2D eigenvalue weighted by atomic mass is 9.89. The van der Waals surface area contributed by atoms with Gasteiger partial charge in [0.1, 0.15) is 5.58 Å². The normalized spacial score (nSPS) is 12.5. The molecule has 0 saturated heterocycles. The molecule has 1 N–H and O–H groups in total. The minimum atomic E-state index is -0.0410. The van der Waals surface area contributed by atoms with E-state index < -0.39 is 0 Å².